The Morgan fingerprint density at radius 2 is 1.85 bits per heavy atom. The van der Waals surface area contributed by atoms with Gasteiger partial charge in [0, 0.05) is 38.2 Å². The van der Waals surface area contributed by atoms with Gasteiger partial charge in [-0.05, 0) is 38.3 Å². The smallest absolute Gasteiger partial charge is 0.239 e. The highest BCUT2D eigenvalue weighted by molar-refractivity contribution is 5.85. The molecule has 0 saturated heterocycles. The van der Waals surface area contributed by atoms with E-state index in [2.05, 4.69) is 20.7 Å². The molecule has 2 rings (SSSR count). The Labute approximate surface area is 153 Å². The van der Waals surface area contributed by atoms with Gasteiger partial charge in [0.25, 0.3) is 0 Å². The van der Waals surface area contributed by atoms with Crippen LogP contribution < -0.4 is 10.6 Å². The predicted octanol–water partition coefficient (Wildman–Crippen LogP) is 0.705. The molecule has 0 unspecified atom stereocenters. The van der Waals surface area contributed by atoms with Crippen molar-refractivity contribution in [1.82, 2.24) is 25.4 Å². The molecule has 2 N–H and O–H groups in total. The van der Waals surface area contributed by atoms with Crippen LogP contribution in [0.15, 0.2) is 0 Å². The molecule has 2 aromatic rings. The standard InChI is InChI=1S/C18H27N5O3/c1-11-14(12(2)21-18-17(11)13(3)22-23(18)4)6-7-15(24)20-10-16(25)19-8-9-26-5/h6-10H2,1-5H3,(H,19,25)(H,20,24). The number of amides is 2. The van der Waals surface area contributed by atoms with Crippen molar-refractivity contribution in [2.24, 2.45) is 7.05 Å². The summed E-state index contributed by atoms with van der Waals surface area (Å²) in [5.74, 6) is -0.384. The quantitative estimate of drug-likeness (QED) is 0.675. The molecule has 0 fully saturated rings. The number of ether oxygens (including phenoxy) is 1. The van der Waals surface area contributed by atoms with Crippen molar-refractivity contribution < 1.29 is 14.3 Å². The minimum Gasteiger partial charge on any atom is -0.383 e. The van der Waals surface area contributed by atoms with E-state index in [-0.39, 0.29) is 18.4 Å². The number of hydrogen-bond acceptors (Lipinski definition) is 5. The maximum Gasteiger partial charge on any atom is 0.239 e. The van der Waals surface area contributed by atoms with Crippen LogP contribution in [-0.4, -0.2) is 53.4 Å². The van der Waals surface area contributed by atoms with E-state index in [9.17, 15) is 9.59 Å². The van der Waals surface area contributed by atoms with Gasteiger partial charge in [0.15, 0.2) is 5.65 Å². The lowest BCUT2D eigenvalue weighted by Gasteiger charge is -2.11. The number of aromatic nitrogens is 3. The van der Waals surface area contributed by atoms with Crippen LogP contribution in [0, 0.1) is 20.8 Å². The van der Waals surface area contributed by atoms with Gasteiger partial charge in [-0.3, -0.25) is 14.3 Å². The summed E-state index contributed by atoms with van der Waals surface area (Å²) >= 11 is 0. The Morgan fingerprint density at radius 3 is 2.54 bits per heavy atom. The molecule has 0 atom stereocenters. The van der Waals surface area contributed by atoms with E-state index in [0.717, 1.165) is 33.5 Å². The first kappa shape index (κ1) is 19.8. The van der Waals surface area contributed by atoms with E-state index in [1.54, 1.807) is 11.8 Å². The topological polar surface area (TPSA) is 98.1 Å². The van der Waals surface area contributed by atoms with Crippen LogP contribution in [0.3, 0.4) is 0 Å². The molecule has 0 radical (unpaired) electrons. The second-order valence-electron chi connectivity index (χ2n) is 6.33. The summed E-state index contributed by atoms with van der Waals surface area (Å²) in [4.78, 5) is 28.3. The van der Waals surface area contributed by atoms with Gasteiger partial charge in [-0.1, -0.05) is 0 Å². The molecule has 0 aliphatic carbocycles. The number of carbonyl (C=O) groups excluding carboxylic acids is 2. The molecule has 0 spiro atoms. The Morgan fingerprint density at radius 1 is 1.12 bits per heavy atom. The highest BCUT2D eigenvalue weighted by Gasteiger charge is 2.16. The Bertz CT molecular complexity index is 813. The molecule has 2 amide bonds. The molecule has 0 saturated carbocycles. The summed E-state index contributed by atoms with van der Waals surface area (Å²) in [6.07, 6.45) is 0.881. The van der Waals surface area contributed by atoms with Crippen LogP contribution in [0.2, 0.25) is 0 Å². The third-order valence-corrected chi connectivity index (χ3v) is 4.41. The number of nitrogens with zero attached hydrogens (tertiary/aromatic N) is 3. The number of aryl methyl sites for hydroxylation is 4. The Kier molecular flexibility index (Phi) is 6.68. The van der Waals surface area contributed by atoms with Crippen LogP contribution in [0.25, 0.3) is 11.0 Å². The van der Waals surface area contributed by atoms with Crippen molar-refractivity contribution >= 4 is 22.8 Å². The predicted molar refractivity (Wildman–Crippen MR) is 98.9 cm³/mol. The molecule has 2 aromatic heterocycles. The first-order chi connectivity index (χ1) is 12.3. The van der Waals surface area contributed by atoms with E-state index in [1.165, 1.54) is 0 Å². The van der Waals surface area contributed by atoms with Crippen LogP contribution in [-0.2, 0) is 27.8 Å². The molecular weight excluding hydrogens is 334 g/mol. The highest BCUT2D eigenvalue weighted by Crippen LogP contribution is 2.25. The maximum absolute atomic E-state index is 12.1. The Balaban J connectivity index is 1.96. The number of hydrogen-bond donors (Lipinski definition) is 2. The van der Waals surface area contributed by atoms with Gasteiger partial charge in [0.2, 0.25) is 11.8 Å². The Hall–Kier alpha value is -2.48. The van der Waals surface area contributed by atoms with Crippen molar-refractivity contribution in [3.05, 3.63) is 22.5 Å². The molecular formula is C18H27N5O3. The average Bonchev–Trinajstić information content (AvgIpc) is 2.87. The summed E-state index contributed by atoms with van der Waals surface area (Å²) in [5, 5.41) is 10.8. The SMILES string of the molecule is COCCNC(=O)CNC(=O)CCc1c(C)nc2c(c(C)nn2C)c1C. The average molecular weight is 361 g/mol. The zero-order valence-electron chi connectivity index (χ0n) is 16.1. The van der Waals surface area contributed by atoms with Crippen molar-refractivity contribution in [1.29, 1.82) is 0 Å². The number of pyridine rings is 1. The number of fused-ring (bicyclic) bond motifs is 1. The molecule has 8 heteroatoms. The van der Waals surface area contributed by atoms with Crippen molar-refractivity contribution in [2.75, 3.05) is 26.8 Å². The lowest BCUT2D eigenvalue weighted by Crippen LogP contribution is -2.38. The molecule has 2 heterocycles. The first-order valence-corrected chi connectivity index (χ1v) is 8.66. The second kappa shape index (κ2) is 8.75. The van der Waals surface area contributed by atoms with Gasteiger partial charge in [0.05, 0.1) is 18.8 Å². The zero-order valence-corrected chi connectivity index (χ0v) is 16.1. The summed E-state index contributed by atoms with van der Waals surface area (Å²) in [6, 6.07) is 0. The van der Waals surface area contributed by atoms with Crippen molar-refractivity contribution in [2.45, 2.75) is 33.6 Å². The number of methoxy groups -OCH3 is 1. The minimum atomic E-state index is -0.225. The van der Waals surface area contributed by atoms with Crippen molar-refractivity contribution in [3.8, 4) is 0 Å². The third-order valence-electron chi connectivity index (χ3n) is 4.41. The van der Waals surface area contributed by atoms with E-state index in [0.29, 0.717) is 26.0 Å². The third kappa shape index (κ3) is 4.57. The monoisotopic (exact) mass is 361 g/mol. The summed E-state index contributed by atoms with van der Waals surface area (Å²) in [7, 11) is 3.45. The van der Waals surface area contributed by atoms with E-state index < -0.39 is 0 Å². The maximum atomic E-state index is 12.1. The van der Waals surface area contributed by atoms with Gasteiger partial charge >= 0.3 is 0 Å². The fraction of sp³-hybridized carbons (Fsp3) is 0.556. The second-order valence-corrected chi connectivity index (χ2v) is 6.33. The minimum absolute atomic E-state index is 0.0283. The van der Waals surface area contributed by atoms with Gasteiger partial charge in [-0.25, -0.2) is 4.98 Å². The van der Waals surface area contributed by atoms with Gasteiger partial charge in [-0.15, -0.1) is 0 Å². The first-order valence-electron chi connectivity index (χ1n) is 8.66. The van der Waals surface area contributed by atoms with Crippen LogP contribution in [0.5, 0.6) is 0 Å². The lowest BCUT2D eigenvalue weighted by molar-refractivity contribution is -0.126. The molecule has 0 aliphatic heterocycles. The normalized spacial score (nSPS) is 11.0. The number of rotatable bonds is 8. The van der Waals surface area contributed by atoms with Gasteiger partial charge in [-0.2, -0.15) is 5.10 Å². The van der Waals surface area contributed by atoms with E-state index in [1.807, 2.05) is 27.8 Å². The van der Waals surface area contributed by atoms with Gasteiger partial charge in [0.1, 0.15) is 0 Å². The molecule has 142 valence electrons. The molecule has 8 nitrogen and oxygen atoms in total. The molecule has 0 bridgehead atoms. The highest BCUT2D eigenvalue weighted by atomic mass is 16.5. The van der Waals surface area contributed by atoms with Crippen molar-refractivity contribution in [3.63, 3.8) is 0 Å². The number of nitrogens with one attached hydrogen (secondary N) is 2. The fourth-order valence-corrected chi connectivity index (χ4v) is 3.09. The van der Waals surface area contributed by atoms with Crippen LogP contribution >= 0.6 is 0 Å². The summed E-state index contributed by atoms with van der Waals surface area (Å²) in [5.41, 5.74) is 4.88. The van der Waals surface area contributed by atoms with E-state index in [4.69, 9.17) is 4.74 Å². The van der Waals surface area contributed by atoms with Gasteiger partial charge < -0.3 is 15.4 Å². The largest absolute Gasteiger partial charge is 0.383 e. The van der Waals surface area contributed by atoms with E-state index >= 15 is 0 Å². The zero-order chi connectivity index (χ0) is 19.3. The lowest BCUT2D eigenvalue weighted by atomic mass is 9.99. The van der Waals surface area contributed by atoms with Crippen LogP contribution in [0.4, 0.5) is 0 Å². The molecule has 0 aromatic carbocycles. The number of carbonyl (C=O) groups is 2. The fourth-order valence-electron chi connectivity index (χ4n) is 3.09. The molecule has 26 heavy (non-hydrogen) atoms. The summed E-state index contributed by atoms with van der Waals surface area (Å²) < 4.78 is 6.64. The molecule has 0 aliphatic rings. The van der Waals surface area contributed by atoms with Crippen LogP contribution in [0.1, 0.15) is 28.9 Å². The summed E-state index contributed by atoms with van der Waals surface area (Å²) in [6.45, 7) is 6.80.